The predicted octanol–water partition coefficient (Wildman–Crippen LogP) is 3.32. The van der Waals surface area contributed by atoms with Gasteiger partial charge in [0.1, 0.15) is 11.3 Å². The van der Waals surface area contributed by atoms with Gasteiger partial charge in [-0.2, -0.15) is 0 Å². The molecule has 2 heterocycles. The second-order valence-corrected chi connectivity index (χ2v) is 3.93. The van der Waals surface area contributed by atoms with Crippen molar-refractivity contribution in [2.75, 3.05) is 11.9 Å². The highest BCUT2D eigenvalue weighted by Gasteiger charge is 2.12. The fourth-order valence-electron chi connectivity index (χ4n) is 1.91. The van der Waals surface area contributed by atoms with E-state index in [4.69, 9.17) is 4.42 Å². The number of hydrogen-bond donors (Lipinski definition) is 1. The molecule has 1 N–H and O–H groups in total. The van der Waals surface area contributed by atoms with E-state index < -0.39 is 0 Å². The molecule has 0 aliphatic carbocycles. The average molecular weight is 239 g/mol. The lowest BCUT2D eigenvalue weighted by Gasteiger charge is -2.05. The minimum Gasteiger partial charge on any atom is -0.454 e. The minimum atomic E-state index is 0.736. The Bertz CT molecular complexity index is 642. The third-order valence-electron chi connectivity index (χ3n) is 2.70. The Kier molecular flexibility index (Phi) is 2.68. The lowest BCUT2D eigenvalue weighted by Crippen LogP contribution is -2.01. The van der Waals surface area contributed by atoms with Gasteiger partial charge >= 0.3 is 0 Å². The van der Waals surface area contributed by atoms with Crippen LogP contribution in [0.4, 0.5) is 5.82 Å². The number of aromatic nitrogens is 2. The largest absolute Gasteiger partial charge is 0.454 e. The van der Waals surface area contributed by atoms with Gasteiger partial charge in [-0.15, -0.1) is 0 Å². The zero-order valence-electron chi connectivity index (χ0n) is 10.1. The summed E-state index contributed by atoms with van der Waals surface area (Å²) in [7, 11) is 0. The smallest absolute Gasteiger partial charge is 0.157 e. The molecule has 0 amide bonds. The summed E-state index contributed by atoms with van der Waals surface area (Å²) in [6.07, 6.45) is 3.34. The summed E-state index contributed by atoms with van der Waals surface area (Å²) < 4.78 is 5.80. The second kappa shape index (κ2) is 4.49. The third-order valence-corrected chi connectivity index (χ3v) is 2.70. The topological polar surface area (TPSA) is 51.0 Å². The average Bonchev–Trinajstić information content (AvgIpc) is 2.83. The number of para-hydroxylation sites is 1. The maximum absolute atomic E-state index is 5.80. The normalized spacial score (nSPS) is 10.7. The first-order valence-corrected chi connectivity index (χ1v) is 5.92. The number of hydrogen-bond acceptors (Lipinski definition) is 4. The third kappa shape index (κ3) is 1.82. The monoisotopic (exact) mass is 239 g/mol. The molecule has 4 heteroatoms. The van der Waals surface area contributed by atoms with Gasteiger partial charge in [0, 0.05) is 24.3 Å². The van der Waals surface area contributed by atoms with Crippen LogP contribution >= 0.6 is 0 Å². The van der Waals surface area contributed by atoms with Crippen molar-refractivity contribution in [1.82, 2.24) is 9.97 Å². The van der Waals surface area contributed by atoms with Crippen molar-refractivity contribution in [3.05, 3.63) is 42.7 Å². The fraction of sp³-hybridized carbons (Fsp3) is 0.143. The maximum atomic E-state index is 5.80. The quantitative estimate of drug-likeness (QED) is 0.761. The van der Waals surface area contributed by atoms with Crippen LogP contribution in [0, 0.1) is 0 Å². The van der Waals surface area contributed by atoms with Crippen LogP contribution < -0.4 is 5.32 Å². The molecule has 0 spiro atoms. The van der Waals surface area contributed by atoms with Crippen LogP contribution in [0.2, 0.25) is 0 Å². The van der Waals surface area contributed by atoms with E-state index in [2.05, 4.69) is 15.3 Å². The Hall–Kier alpha value is -2.36. The first-order chi connectivity index (χ1) is 8.88. The molecule has 0 aliphatic heterocycles. The number of fused-ring (bicyclic) bond motifs is 1. The number of anilines is 1. The van der Waals surface area contributed by atoms with Gasteiger partial charge in [0.05, 0.1) is 0 Å². The Balaban J connectivity index is 2.13. The zero-order chi connectivity index (χ0) is 12.4. The first kappa shape index (κ1) is 10.8. The van der Waals surface area contributed by atoms with Gasteiger partial charge in [-0.25, -0.2) is 9.97 Å². The molecule has 4 nitrogen and oxygen atoms in total. The molecule has 1 aromatic carbocycles. The predicted molar refractivity (Wildman–Crippen MR) is 71.4 cm³/mol. The van der Waals surface area contributed by atoms with E-state index in [0.717, 1.165) is 34.8 Å². The van der Waals surface area contributed by atoms with Crippen molar-refractivity contribution in [2.24, 2.45) is 0 Å². The van der Waals surface area contributed by atoms with E-state index in [0.29, 0.717) is 0 Å². The molecular weight excluding hydrogens is 226 g/mol. The van der Waals surface area contributed by atoms with Crippen LogP contribution in [0.5, 0.6) is 0 Å². The summed E-state index contributed by atoms with van der Waals surface area (Å²) in [6, 6.07) is 9.90. The Morgan fingerprint density at radius 1 is 1.17 bits per heavy atom. The number of rotatable bonds is 3. The van der Waals surface area contributed by atoms with Crippen molar-refractivity contribution in [3.8, 4) is 11.5 Å². The molecule has 3 rings (SSSR count). The number of benzene rings is 1. The molecule has 0 saturated heterocycles. The van der Waals surface area contributed by atoms with E-state index in [-0.39, 0.29) is 0 Å². The van der Waals surface area contributed by atoms with Crippen molar-refractivity contribution >= 4 is 16.8 Å². The lowest BCUT2D eigenvalue weighted by atomic mass is 10.2. The molecular formula is C14H13N3O. The fourth-order valence-corrected chi connectivity index (χ4v) is 1.91. The van der Waals surface area contributed by atoms with Gasteiger partial charge in [-0.3, -0.25) is 0 Å². The van der Waals surface area contributed by atoms with Crippen molar-refractivity contribution in [1.29, 1.82) is 0 Å². The Morgan fingerprint density at radius 3 is 2.83 bits per heavy atom. The Morgan fingerprint density at radius 2 is 2.00 bits per heavy atom. The lowest BCUT2D eigenvalue weighted by molar-refractivity contribution is 0.628. The molecule has 0 radical (unpaired) electrons. The minimum absolute atomic E-state index is 0.736. The highest BCUT2D eigenvalue weighted by atomic mass is 16.3. The molecule has 0 aliphatic rings. The number of nitrogens with one attached hydrogen (secondary N) is 1. The highest BCUT2D eigenvalue weighted by Crippen LogP contribution is 2.29. The molecule has 0 fully saturated rings. The molecule has 18 heavy (non-hydrogen) atoms. The van der Waals surface area contributed by atoms with Crippen LogP contribution in [-0.2, 0) is 0 Å². The molecule has 90 valence electrons. The summed E-state index contributed by atoms with van der Waals surface area (Å²) in [5, 5.41) is 4.26. The maximum Gasteiger partial charge on any atom is 0.157 e. The first-order valence-electron chi connectivity index (χ1n) is 5.92. The van der Waals surface area contributed by atoms with Crippen molar-refractivity contribution in [3.63, 3.8) is 0 Å². The van der Waals surface area contributed by atoms with E-state index in [9.17, 15) is 0 Å². The highest BCUT2D eigenvalue weighted by molar-refractivity contribution is 5.83. The van der Waals surface area contributed by atoms with Crippen LogP contribution in [0.25, 0.3) is 22.4 Å². The van der Waals surface area contributed by atoms with Crippen LogP contribution in [-0.4, -0.2) is 16.5 Å². The summed E-state index contributed by atoms with van der Waals surface area (Å²) in [5.74, 6) is 1.49. The van der Waals surface area contributed by atoms with Crippen LogP contribution in [0.1, 0.15) is 6.92 Å². The summed E-state index contributed by atoms with van der Waals surface area (Å²) in [6.45, 7) is 2.82. The molecule has 0 bridgehead atoms. The number of nitrogens with zero attached hydrogens (tertiary/aromatic N) is 2. The standard InChI is InChI=1S/C14H13N3O/c1-2-15-14-13(16-7-8-17-14)12-9-10-5-3-4-6-11(10)18-12/h3-9H,2H2,1H3,(H,15,17). The van der Waals surface area contributed by atoms with Gasteiger partial charge in [0.25, 0.3) is 0 Å². The molecule has 0 atom stereocenters. The molecule has 0 unspecified atom stereocenters. The van der Waals surface area contributed by atoms with E-state index in [1.54, 1.807) is 12.4 Å². The molecule has 3 aromatic rings. The van der Waals surface area contributed by atoms with Crippen molar-refractivity contribution < 1.29 is 4.42 Å². The van der Waals surface area contributed by atoms with Gasteiger partial charge < -0.3 is 9.73 Å². The summed E-state index contributed by atoms with van der Waals surface area (Å²) in [5.41, 5.74) is 1.61. The van der Waals surface area contributed by atoms with E-state index in [1.807, 2.05) is 37.3 Å². The number of furan rings is 1. The summed E-state index contributed by atoms with van der Waals surface area (Å²) >= 11 is 0. The zero-order valence-corrected chi connectivity index (χ0v) is 10.1. The SMILES string of the molecule is CCNc1nccnc1-c1cc2ccccc2o1. The molecule has 2 aromatic heterocycles. The van der Waals surface area contributed by atoms with Gasteiger partial charge in [0.15, 0.2) is 11.6 Å². The van der Waals surface area contributed by atoms with E-state index >= 15 is 0 Å². The van der Waals surface area contributed by atoms with Gasteiger partial charge in [0.2, 0.25) is 0 Å². The van der Waals surface area contributed by atoms with Crippen LogP contribution in [0.15, 0.2) is 47.1 Å². The molecule has 0 saturated carbocycles. The summed E-state index contributed by atoms with van der Waals surface area (Å²) in [4.78, 5) is 8.63. The van der Waals surface area contributed by atoms with Gasteiger partial charge in [-0.1, -0.05) is 18.2 Å². The van der Waals surface area contributed by atoms with Crippen LogP contribution in [0.3, 0.4) is 0 Å². The van der Waals surface area contributed by atoms with E-state index in [1.165, 1.54) is 0 Å². The Labute approximate surface area is 105 Å². The second-order valence-electron chi connectivity index (χ2n) is 3.93. The van der Waals surface area contributed by atoms with Gasteiger partial charge in [-0.05, 0) is 19.1 Å². The van der Waals surface area contributed by atoms with Crippen molar-refractivity contribution in [2.45, 2.75) is 6.92 Å².